The van der Waals surface area contributed by atoms with Gasteiger partial charge >= 0.3 is 0 Å². The molecule has 1 N–H and O–H groups in total. The van der Waals surface area contributed by atoms with Crippen LogP contribution in [0.15, 0.2) is 29.2 Å². The van der Waals surface area contributed by atoms with Gasteiger partial charge in [-0.25, -0.2) is 0 Å². The zero-order valence-corrected chi connectivity index (χ0v) is 11.8. The molecule has 98 valence electrons. The highest BCUT2D eigenvalue weighted by atomic mass is 32.1. The Bertz CT molecular complexity index is 393. The monoisotopic (exact) mass is 261 g/mol. The van der Waals surface area contributed by atoms with Crippen molar-refractivity contribution in [1.82, 2.24) is 5.32 Å². The standard InChI is InChI=1S/C16H23NS/c1-2-5-14-12-15(8-7-13(14)4-1)17-10-9-16-6-3-11-18-16/h3-4,6,11,14-15,17H,1-2,5,7-10,12H2. The van der Waals surface area contributed by atoms with Crippen LogP contribution in [0.2, 0.25) is 0 Å². The van der Waals surface area contributed by atoms with E-state index in [-0.39, 0.29) is 0 Å². The summed E-state index contributed by atoms with van der Waals surface area (Å²) >= 11 is 1.88. The van der Waals surface area contributed by atoms with Gasteiger partial charge < -0.3 is 5.32 Å². The fourth-order valence-electron chi connectivity index (χ4n) is 3.42. The molecule has 0 aliphatic heterocycles. The minimum atomic E-state index is 0.769. The lowest BCUT2D eigenvalue weighted by Crippen LogP contribution is -2.36. The van der Waals surface area contributed by atoms with Crippen LogP contribution in [0, 0.1) is 5.92 Å². The van der Waals surface area contributed by atoms with Crippen LogP contribution in [0.1, 0.15) is 43.4 Å². The van der Waals surface area contributed by atoms with Crippen molar-refractivity contribution in [3.63, 3.8) is 0 Å². The molecule has 2 aliphatic rings. The number of thiophene rings is 1. The lowest BCUT2D eigenvalue weighted by molar-refractivity contribution is 0.323. The lowest BCUT2D eigenvalue weighted by atomic mass is 9.76. The second-order valence-electron chi connectivity index (χ2n) is 5.66. The van der Waals surface area contributed by atoms with Gasteiger partial charge in [-0.3, -0.25) is 0 Å². The summed E-state index contributed by atoms with van der Waals surface area (Å²) in [5.74, 6) is 0.909. The molecule has 1 aromatic rings. The van der Waals surface area contributed by atoms with Crippen molar-refractivity contribution in [2.75, 3.05) is 6.54 Å². The van der Waals surface area contributed by atoms with E-state index in [1.165, 1.54) is 49.8 Å². The van der Waals surface area contributed by atoms with Crippen molar-refractivity contribution in [2.45, 2.75) is 51.0 Å². The maximum atomic E-state index is 3.77. The molecule has 0 aromatic carbocycles. The number of rotatable bonds is 4. The SMILES string of the molecule is C1=C2CCC(NCCc3cccs3)CC2CCC1. The molecular formula is C16H23NS. The van der Waals surface area contributed by atoms with Crippen molar-refractivity contribution < 1.29 is 0 Å². The Morgan fingerprint density at radius 3 is 3.22 bits per heavy atom. The molecule has 0 amide bonds. The predicted molar refractivity (Wildman–Crippen MR) is 79.1 cm³/mol. The van der Waals surface area contributed by atoms with Crippen molar-refractivity contribution in [3.8, 4) is 0 Å². The van der Waals surface area contributed by atoms with Gasteiger partial charge in [0.05, 0.1) is 0 Å². The van der Waals surface area contributed by atoms with Gasteiger partial charge in [0.1, 0.15) is 0 Å². The molecule has 1 fully saturated rings. The van der Waals surface area contributed by atoms with Crippen LogP contribution in [0.4, 0.5) is 0 Å². The van der Waals surface area contributed by atoms with Crippen molar-refractivity contribution >= 4 is 11.3 Å². The Morgan fingerprint density at radius 1 is 1.33 bits per heavy atom. The van der Waals surface area contributed by atoms with Gasteiger partial charge in [0, 0.05) is 17.5 Å². The molecule has 2 unspecified atom stereocenters. The van der Waals surface area contributed by atoms with E-state index in [0.717, 1.165) is 18.5 Å². The molecule has 0 radical (unpaired) electrons. The van der Waals surface area contributed by atoms with Gasteiger partial charge in [-0.05, 0) is 62.3 Å². The van der Waals surface area contributed by atoms with E-state index in [1.54, 1.807) is 5.57 Å². The van der Waals surface area contributed by atoms with E-state index >= 15 is 0 Å². The molecule has 3 rings (SSSR count). The van der Waals surface area contributed by atoms with Crippen LogP contribution in [-0.4, -0.2) is 12.6 Å². The fraction of sp³-hybridized carbons (Fsp3) is 0.625. The highest BCUT2D eigenvalue weighted by Gasteiger charge is 2.26. The Balaban J connectivity index is 1.44. The maximum absolute atomic E-state index is 3.77. The first-order chi connectivity index (χ1) is 8.92. The van der Waals surface area contributed by atoms with Gasteiger partial charge in [-0.1, -0.05) is 17.7 Å². The summed E-state index contributed by atoms with van der Waals surface area (Å²) in [4.78, 5) is 1.51. The summed E-state index contributed by atoms with van der Waals surface area (Å²) in [7, 11) is 0. The zero-order chi connectivity index (χ0) is 12.2. The Hall–Kier alpha value is -0.600. The zero-order valence-electron chi connectivity index (χ0n) is 11.0. The molecule has 0 bridgehead atoms. The number of fused-ring (bicyclic) bond motifs is 1. The predicted octanol–water partition coefficient (Wildman–Crippen LogP) is 4.16. The Labute approximate surface area is 114 Å². The molecule has 2 aliphatic carbocycles. The first-order valence-electron chi connectivity index (χ1n) is 7.36. The van der Waals surface area contributed by atoms with Crippen LogP contribution in [0.3, 0.4) is 0 Å². The minimum absolute atomic E-state index is 0.769. The molecule has 1 saturated carbocycles. The van der Waals surface area contributed by atoms with E-state index in [4.69, 9.17) is 0 Å². The van der Waals surface area contributed by atoms with Crippen LogP contribution < -0.4 is 5.32 Å². The van der Waals surface area contributed by atoms with Gasteiger partial charge in [0.15, 0.2) is 0 Å². The smallest absolute Gasteiger partial charge is 0.00759 e. The van der Waals surface area contributed by atoms with E-state index in [9.17, 15) is 0 Å². The summed E-state index contributed by atoms with van der Waals surface area (Å²) in [6.07, 6.45) is 12.0. The van der Waals surface area contributed by atoms with Crippen molar-refractivity contribution in [3.05, 3.63) is 34.0 Å². The van der Waals surface area contributed by atoms with E-state index in [2.05, 4.69) is 28.9 Å². The van der Waals surface area contributed by atoms with Gasteiger partial charge in [0.2, 0.25) is 0 Å². The summed E-state index contributed by atoms with van der Waals surface area (Å²) in [6, 6.07) is 5.17. The number of hydrogen-bond acceptors (Lipinski definition) is 2. The fourth-order valence-corrected chi connectivity index (χ4v) is 4.13. The van der Waals surface area contributed by atoms with Crippen LogP contribution in [0.5, 0.6) is 0 Å². The summed E-state index contributed by atoms with van der Waals surface area (Å²) in [6.45, 7) is 1.15. The van der Waals surface area contributed by atoms with E-state index in [1.807, 2.05) is 11.3 Å². The average Bonchev–Trinajstić information content (AvgIpc) is 2.92. The van der Waals surface area contributed by atoms with Crippen molar-refractivity contribution in [1.29, 1.82) is 0 Å². The second-order valence-corrected chi connectivity index (χ2v) is 6.69. The molecule has 0 spiro atoms. The van der Waals surface area contributed by atoms with Crippen molar-refractivity contribution in [2.24, 2.45) is 5.92 Å². The topological polar surface area (TPSA) is 12.0 Å². The van der Waals surface area contributed by atoms with E-state index < -0.39 is 0 Å². The molecule has 0 saturated heterocycles. The molecule has 18 heavy (non-hydrogen) atoms. The molecule has 1 heterocycles. The first kappa shape index (κ1) is 12.4. The normalized spacial score (nSPS) is 27.7. The van der Waals surface area contributed by atoms with E-state index in [0.29, 0.717) is 0 Å². The maximum Gasteiger partial charge on any atom is 0.00759 e. The van der Waals surface area contributed by atoms with Gasteiger partial charge in [-0.2, -0.15) is 0 Å². The highest BCUT2D eigenvalue weighted by Crippen LogP contribution is 2.36. The largest absolute Gasteiger partial charge is 0.314 e. The molecule has 2 atom stereocenters. The number of nitrogens with one attached hydrogen (secondary N) is 1. The quantitative estimate of drug-likeness (QED) is 0.803. The number of allylic oxidation sites excluding steroid dienone is 2. The first-order valence-corrected chi connectivity index (χ1v) is 8.24. The number of hydrogen-bond donors (Lipinski definition) is 1. The average molecular weight is 261 g/mol. The third kappa shape index (κ3) is 3.04. The Kier molecular flexibility index (Phi) is 4.16. The third-order valence-corrected chi connectivity index (χ3v) is 5.36. The second kappa shape index (κ2) is 6.03. The van der Waals surface area contributed by atoms with Crippen LogP contribution in [-0.2, 0) is 6.42 Å². The molecule has 1 aromatic heterocycles. The van der Waals surface area contributed by atoms with Gasteiger partial charge in [0.25, 0.3) is 0 Å². The van der Waals surface area contributed by atoms with Gasteiger partial charge in [-0.15, -0.1) is 11.3 Å². The summed E-state index contributed by atoms with van der Waals surface area (Å²) in [5, 5.41) is 5.95. The summed E-state index contributed by atoms with van der Waals surface area (Å²) < 4.78 is 0. The molecule has 1 nitrogen and oxygen atoms in total. The third-order valence-electron chi connectivity index (χ3n) is 4.42. The minimum Gasteiger partial charge on any atom is -0.314 e. The summed E-state index contributed by atoms with van der Waals surface area (Å²) in [5.41, 5.74) is 1.78. The van der Waals surface area contributed by atoms with Crippen LogP contribution >= 0.6 is 11.3 Å². The highest BCUT2D eigenvalue weighted by molar-refractivity contribution is 7.09. The lowest BCUT2D eigenvalue weighted by Gasteiger charge is -2.34. The Morgan fingerprint density at radius 2 is 2.33 bits per heavy atom. The van der Waals surface area contributed by atoms with Crippen LogP contribution in [0.25, 0.3) is 0 Å². The molecule has 2 heteroatoms. The molecular weight excluding hydrogens is 238 g/mol.